The number of esters is 2. The van der Waals surface area contributed by atoms with Crippen LogP contribution in [0.4, 0.5) is 0 Å². The summed E-state index contributed by atoms with van der Waals surface area (Å²) < 4.78 is 32.0. The second kappa shape index (κ2) is 32.4. The van der Waals surface area contributed by atoms with E-state index in [1.807, 2.05) is 6.92 Å². The van der Waals surface area contributed by atoms with Crippen molar-refractivity contribution in [1.29, 1.82) is 0 Å². The molecule has 0 spiro atoms. The van der Waals surface area contributed by atoms with Crippen LogP contribution in [0.25, 0.3) is 0 Å². The topological polar surface area (TPSA) is 134 Å². The van der Waals surface area contributed by atoms with Gasteiger partial charge in [0.1, 0.15) is 6.61 Å². The summed E-state index contributed by atoms with van der Waals surface area (Å²) in [6.07, 6.45) is 32.4. The molecule has 2 unspecified atom stereocenters. The molecule has 0 rings (SSSR count). The van der Waals surface area contributed by atoms with E-state index in [9.17, 15) is 19.0 Å². The van der Waals surface area contributed by atoms with Crippen molar-refractivity contribution >= 4 is 19.8 Å². The van der Waals surface area contributed by atoms with Crippen molar-refractivity contribution in [2.45, 2.75) is 161 Å². The number of carbonyl (C=O) groups is 2. The molecule has 3 N–H and O–H groups in total. The van der Waals surface area contributed by atoms with E-state index in [4.69, 9.17) is 24.3 Å². The molecular formula is C35H66NO8P. The molecule has 0 aromatic rings. The molecule has 0 radical (unpaired) electrons. The Balaban J connectivity index is 3.81. The van der Waals surface area contributed by atoms with E-state index in [1.165, 1.54) is 89.9 Å². The molecule has 0 aliphatic heterocycles. The molecule has 0 aromatic heterocycles. The van der Waals surface area contributed by atoms with Gasteiger partial charge in [-0.2, -0.15) is 0 Å². The van der Waals surface area contributed by atoms with Gasteiger partial charge < -0.3 is 20.1 Å². The summed E-state index contributed by atoms with van der Waals surface area (Å²) in [6, 6.07) is 0. The Hall–Kier alpha value is -1.51. The van der Waals surface area contributed by atoms with Crippen molar-refractivity contribution in [2.24, 2.45) is 5.73 Å². The highest BCUT2D eigenvalue weighted by Gasteiger charge is 2.25. The standard InChI is InChI=1S/C35H66NO8P/c1-3-5-6-7-8-9-10-11-12-13-14-15-16-17-18-19-20-21-22-23-24-25-26-28-35(38)44-33(31-41-34(37)27-4-2)32-43-45(39,40)42-30-29-36/h10-11,13-14,33H,3-9,12,15-32,36H2,1-2H3,(H,39,40)/b11-10-,14-13-. The van der Waals surface area contributed by atoms with E-state index in [1.54, 1.807) is 0 Å². The van der Waals surface area contributed by atoms with E-state index in [2.05, 4.69) is 31.2 Å². The predicted molar refractivity (Wildman–Crippen MR) is 183 cm³/mol. The van der Waals surface area contributed by atoms with Gasteiger partial charge in [-0.05, 0) is 44.9 Å². The minimum Gasteiger partial charge on any atom is -0.462 e. The third-order valence-corrected chi connectivity index (χ3v) is 8.29. The molecule has 0 saturated carbocycles. The summed E-state index contributed by atoms with van der Waals surface area (Å²) in [5.41, 5.74) is 5.27. The highest BCUT2D eigenvalue weighted by Crippen LogP contribution is 2.43. The zero-order valence-electron chi connectivity index (χ0n) is 28.6. The van der Waals surface area contributed by atoms with Crippen molar-refractivity contribution in [1.82, 2.24) is 0 Å². The van der Waals surface area contributed by atoms with Crippen LogP contribution in [0, 0.1) is 0 Å². The average molecular weight is 660 g/mol. The Kier molecular flexibility index (Phi) is 31.3. The number of hydrogen-bond acceptors (Lipinski definition) is 8. The fraction of sp³-hybridized carbons (Fsp3) is 0.829. The van der Waals surface area contributed by atoms with Crippen LogP contribution >= 0.6 is 7.82 Å². The zero-order chi connectivity index (χ0) is 33.3. The first-order valence-corrected chi connectivity index (χ1v) is 19.3. The van der Waals surface area contributed by atoms with Gasteiger partial charge in [0.15, 0.2) is 6.10 Å². The monoisotopic (exact) mass is 659 g/mol. The molecule has 0 fully saturated rings. The third-order valence-electron chi connectivity index (χ3n) is 7.31. The molecule has 0 amide bonds. The smallest absolute Gasteiger partial charge is 0.462 e. The number of allylic oxidation sites excluding steroid dienone is 4. The maximum atomic E-state index is 12.3. The van der Waals surface area contributed by atoms with Gasteiger partial charge in [-0.15, -0.1) is 0 Å². The minimum atomic E-state index is -4.34. The Morgan fingerprint density at radius 3 is 1.73 bits per heavy atom. The lowest BCUT2D eigenvalue weighted by atomic mass is 10.0. The van der Waals surface area contributed by atoms with Gasteiger partial charge in [0.25, 0.3) is 0 Å². The number of phosphoric ester groups is 1. The number of ether oxygens (including phenoxy) is 2. The molecule has 0 bridgehead atoms. The van der Waals surface area contributed by atoms with E-state index < -0.39 is 32.5 Å². The van der Waals surface area contributed by atoms with Crippen LogP contribution in [0.5, 0.6) is 0 Å². The van der Waals surface area contributed by atoms with Gasteiger partial charge in [0.05, 0.1) is 13.2 Å². The Morgan fingerprint density at radius 2 is 1.20 bits per heavy atom. The summed E-state index contributed by atoms with van der Waals surface area (Å²) >= 11 is 0. The quantitative estimate of drug-likeness (QED) is 0.0306. The highest BCUT2D eigenvalue weighted by molar-refractivity contribution is 7.47. The van der Waals surface area contributed by atoms with Gasteiger partial charge in [-0.1, -0.05) is 122 Å². The van der Waals surface area contributed by atoms with Gasteiger partial charge in [-0.3, -0.25) is 18.6 Å². The summed E-state index contributed by atoms with van der Waals surface area (Å²) in [6.45, 7) is 3.32. The highest BCUT2D eigenvalue weighted by atomic mass is 31.2. The fourth-order valence-electron chi connectivity index (χ4n) is 4.70. The summed E-state index contributed by atoms with van der Waals surface area (Å²) in [5.74, 6) is -0.892. The summed E-state index contributed by atoms with van der Waals surface area (Å²) in [5, 5.41) is 0. The molecule has 9 nitrogen and oxygen atoms in total. The summed E-state index contributed by atoms with van der Waals surface area (Å²) in [7, 11) is -4.34. The zero-order valence-corrected chi connectivity index (χ0v) is 29.5. The van der Waals surface area contributed by atoms with Crippen LogP contribution in [0.3, 0.4) is 0 Å². The van der Waals surface area contributed by atoms with Crippen LogP contribution in [0.1, 0.15) is 155 Å². The number of carbonyl (C=O) groups excluding carboxylic acids is 2. The molecule has 45 heavy (non-hydrogen) atoms. The van der Waals surface area contributed by atoms with Crippen LogP contribution in [-0.2, 0) is 32.7 Å². The summed E-state index contributed by atoms with van der Waals surface area (Å²) in [4.78, 5) is 33.7. The molecule has 0 saturated heterocycles. The normalized spacial score (nSPS) is 13.8. The second-order valence-corrected chi connectivity index (χ2v) is 13.2. The largest absolute Gasteiger partial charge is 0.472 e. The van der Waals surface area contributed by atoms with Crippen molar-refractivity contribution < 1.29 is 37.6 Å². The van der Waals surface area contributed by atoms with Gasteiger partial charge in [0.2, 0.25) is 0 Å². The Labute approximate surface area is 274 Å². The van der Waals surface area contributed by atoms with Crippen molar-refractivity contribution in [3.05, 3.63) is 24.3 Å². The molecular weight excluding hydrogens is 593 g/mol. The Morgan fingerprint density at radius 1 is 0.667 bits per heavy atom. The van der Waals surface area contributed by atoms with Gasteiger partial charge in [-0.25, -0.2) is 4.57 Å². The first-order valence-electron chi connectivity index (χ1n) is 17.8. The van der Waals surface area contributed by atoms with Crippen LogP contribution in [0.2, 0.25) is 0 Å². The minimum absolute atomic E-state index is 0.0528. The lowest BCUT2D eigenvalue weighted by Crippen LogP contribution is -2.29. The molecule has 0 aliphatic carbocycles. The number of phosphoric acid groups is 1. The lowest BCUT2D eigenvalue weighted by Gasteiger charge is -2.19. The number of unbranched alkanes of at least 4 members (excludes halogenated alkanes) is 16. The van der Waals surface area contributed by atoms with E-state index in [0.29, 0.717) is 12.8 Å². The maximum absolute atomic E-state index is 12.3. The lowest BCUT2D eigenvalue weighted by molar-refractivity contribution is -0.161. The van der Waals surface area contributed by atoms with Crippen LogP contribution < -0.4 is 5.73 Å². The van der Waals surface area contributed by atoms with Crippen molar-refractivity contribution in [2.75, 3.05) is 26.4 Å². The average Bonchev–Trinajstić information content (AvgIpc) is 3.02. The fourth-order valence-corrected chi connectivity index (χ4v) is 5.47. The Bertz CT molecular complexity index is 805. The van der Waals surface area contributed by atoms with Crippen molar-refractivity contribution in [3.63, 3.8) is 0 Å². The molecule has 2 atom stereocenters. The number of nitrogens with two attached hydrogens (primary N) is 1. The molecule has 264 valence electrons. The van der Waals surface area contributed by atoms with Crippen molar-refractivity contribution in [3.8, 4) is 0 Å². The van der Waals surface area contributed by atoms with Gasteiger partial charge >= 0.3 is 19.8 Å². The predicted octanol–water partition coefficient (Wildman–Crippen LogP) is 9.27. The molecule has 0 aliphatic rings. The molecule has 0 aromatic carbocycles. The van der Waals surface area contributed by atoms with E-state index in [-0.39, 0.29) is 32.6 Å². The first kappa shape index (κ1) is 43.5. The van der Waals surface area contributed by atoms with Crippen LogP contribution in [0.15, 0.2) is 24.3 Å². The van der Waals surface area contributed by atoms with Crippen LogP contribution in [-0.4, -0.2) is 49.3 Å². The second-order valence-electron chi connectivity index (χ2n) is 11.7. The number of rotatable bonds is 33. The number of hydrogen-bond donors (Lipinski definition) is 2. The molecule has 0 heterocycles. The van der Waals surface area contributed by atoms with Gasteiger partial charge in [0, 0.05) is 19.4 Å². The third kappa shape index (κ3) is 32.2. The maximum Gasteiger partial charge on any atom is 0.472 e. The van der Waals surface area contributed by atoms with E-state index >= 15 is 0 Å². The van der Waals surface area contributed by atoms with E-state index in [0.717, 1.165) is 25.7 Å². The SMILES string of the molecule is CCCCCCC/C=C\C/C=C\CCCCCCCCCCCCCC(=O)OC(COC(=O)CCC)COP(=O)(O)OCCN. The molecule has 10 heteroatoms. The first-order chi connectivity index (χ1) is 21.8.